The number of amidine groups is 1. The summed E-state index contributed by atoms with van der Waals surface area (Å²) in [6.45, 7) is 0.113. The molecule has 0 saturated carbocycles. The Morgan fingerprint density at radius 2 is 1.92 bits per heavy atom. The number of amides is 1. The summed E-state index contributed by atoms with van der Waals surface area (Å²) in [6.07, 6.45) is 1.71. The van der Waals surface area contributed by atoms with Gasteiger partial charge in [0.15, 0.2) is 5.17 Å². The number of rotatable bonds is 7. The lowest BCUT2D eigenvalue weighted by atomic mass is 10.2. The Balaban J connectivity index is 1.46. The molecule has 3 aromatic carbocycles. The number of aliphatic imine (C=N–C) groups is 1. The van der Waals surface area contributed by atoms with E-state index in [4.69, 9.17) is 21.1 Å². The van der Waals surface area contributed by atoms with Crippen LogP contribution in [0.25, 0.3) is 6.08 Å². The summed E-state index contributed by atoms with van der Waals surface area (Å²) in [4.78, 5) is 41.3. The molecule has 4 rings (SSSR count). The van der Waals surface area contributed by atoms with E-state index >= 15 is 0 Å². The predicted octanol–water partition coefficient (Wildman–Crippen LogP) is 5.85. The van der Waals surface area contributed by atoms with Gasteiger partial charge in [0.05, 0.1) is 33.2 Å². The fraction of sp³-hybridized carbons (Fsp3) is 0.115. The molecule has 0 bridgehead atoms. The van der Waals surface area contributed by atoms with Gasteiger partial charge in [-0.3, -0.25) is 19.8 Å². The van der Waals surface area contributed by atoms with E-state index in [1.165, 1.54) is 35.9 Å². The van der Waals surface area contributed by atoms with E-state index in [9.17, 15) is 19.7 Å². The van der Waals surface area contributed by atoms with Gasteiger partial charge in [-0.25, -0.2) is 9.79 Å². The number of halogens is 1. The molecule has 1 heterocycles. The van der Waals surface area contributed by atoms with Crippen molar-refractivity contribution < 1.29 is 24.0 Å². The molecule has 1 aliphatic rings. The Labute approximate surface area is 221 Å². The smallest absolute Gasteiger partial charge is 0.337 e. The molecule has 3 aromatic rings. The van der Waals surface area contributed by atoms with Crippen LogP contribution in [0.4, 0.5) is 11.4 Å². The van der Waals surface area contributed by atoms with E-state index in [0.29, 0.717) is 43.2 Å². The zero-order valence-electron chi connectivity index (χ0n) is 19.7. The Kier molecular flexibility index (Phi) is 7.90. The van der Waals surface area contributed by atoms with Crippen LogP contribution in [0.15, 0.2) is 76.6 Å². The topological polar surface area (TPSA) is 111 Å². The van der Waals surface area contributed by atoms with Crippen LogP contribution in [0.2, 0.25) is 5.02 Å². The van der Waals surface area contributed by atoms with E-state index in [-0.39, 0.29) is 18.2 Å². The van der Waals surface area contributed by atoms with Crippen molar-refractivity contribution in [1.82, 2.24) is 4.90 Å². The van der Waals surface area contributed by atoms with Crippen molar-refractivity contribution >= 4 is 57.9 Å². The summed E-state index contributed by atoms with van der Waals surface area (Å²) >= 11 is 7.61. The highest BCUT2D eigenvalue weighted by Gasteiger charge is 2.30. The Morgan fingerprint density at radius 1 is 1.16 bits per heavy atom. The molecule has 1 saturated heterocycles. The zero-order chi connectivity index (χ0) is 26.5. The molecule has 0 N–H and O–H groups in total. The molecule has 1 aliphatic heterocycles. The average Bonchev–Trinajstić information content (AvgIpc) is 3.15. The lowest BCUT2D eigenvalue weighted by molar-refractivity contribution is -0.384. The van der Waals surface area contributed by atoms with Gasteiger partial charge in [0, 0.05) is 19.2 Å². The first kappa shape index (κ1) is 25.9. The van der Waals surface area contributed by atoms with Gasteiger partial charge in [-0.05, 0) is 65.4 Å². The first-order valence-corrected chi connectivity index (χ1v) is 12.0. The van der Waals surface area contributed by atoms with Gasteiger partial charge in [0.2, 0.25) is 0 Å². The average molecular weight is 538 g/mol. The van der Waals surface area contributed by atoms with E-state index in [1.54, 1.807) is 67.7 Å². The normalized spacial score (nSPS) is 15.3. The zero-order valence-corrected chi connectivity index (χ0v) is 21.3. The van der Waals surface area contributed by atoms with Crippen LogP contribution in [-0.4, -0.2) is 41.0 Å². The summed E-state index contributed by atoms with van der Waals surface area (Å²) < 4.78 is 10.4. The highest BCUT2D eigenvalue weighted by atomic mass is 35.5. The molecule has 0 spiro atoms. The number of nitro benzene ring substituents is 1. The third-order valence-corrected chi connectivity index (χ3v) is 6.64. The molecule has 9 nitrogen and oxygen atoms in total. The van der Waals surface area contributed by atoms with Gasteiger partial charge in [-0.1, -0.05) is 29.8 Å². The minimum absolute atomic E-state index is 0.0148. The molecule has 0 radical (unpaired) electrons. The number of carbonyl (C=O) groups excluding carboxylic acids is 2. The summed E-state index contributed by atoms with van der Waals surface area (Å²) in [5.74, 6) is -0.237. The van der Waals surface area contributed by atoms with Crippen LogP contribution in [0, 0.1) is 10.1 Å². The van der Waals surface area contributed by atoms with Gasteiger partial charge in [0.25, 0.3) is 11.6 Å². The molecule has 0 unspecified atom stereocenters. The predicted molar refractivity (Wildman–Crippen MR) is 142 cm³/mol. The number of esters is 1. The third-order valence-electron chi connectivity index (χ3n) is 5.29. The number of carbonyl (C=O) groups is 2. The molecule has 0 aliphatic carbocycles. The Hall–Kier alpha value is -4.15. The number of hydrogen-bond acceptors (Lipinski definition) is 8. The molecule has 1 fully saturated rings. The second kappa shape index (κ2) is 11.3. The summed E-state index contributed by atoms with van der Waals surface area (Å²) in [6, 6.07) is 17.8. The van der Waals surface area contributed by atoms with Crippen molar-refractivity contribution in [2.75, 3.05) is 14.2 Å². The number of nitrogens with zero attached hydrogens (tertiary/aromatic N) is 3. The minimum Gasteiger partial charge on any atom is -0.487 e. The number of non-ortho nitro benzene ring substituents is 1. The van der Waals surface area contributed by atoms with E-state index in [0.717, 1.165) is 0 Å². The SMILES string of the molecule is COC(=O)c1ccc(N=C2S/C(=C\c3ccc(OCc4cccc([N+](=O)[O-])c4)c(Cl)c3)C(=O)N2C)cc1. The highest BCUT2D eigenvalue weighted by Crippen LogP contribution is 2.34. The standard InChI is InChI=1S/C26H20ClN3O6S/c1-29-24(31)23(37-26(29)28-19-9-7-18(8-10-19)25(32)35-2)14-16-6-11-22(21(27)13-16)36-15-17-4-3-5-20(12-17)30(33)34/h3-14H,15H2,1-2H3/b23-14-,28-26?. The molecule has 0 aromatic heterocycles. The molecule has 188 valence electrons. The van der Waals surface area contributed by atoms with Crippen molar-refractivity contribution in [3.05, 3.63) is 103 Å². The van der Waals surface area contributed by atoms with Crippen LogP contribution >= 0.6 is 23.4 Å². The van der Waals surface area contributed by atoms with Crippen molar-refractivity contribution in [3.8, 4) is 5.75 Å². The van der Waals surface area contributed by atoms with Crippen LogP contribution in [0.1, 0.15) is 21.5 Å². The summed E-state index contributed by atoms with van der Waals surface area (Å²) in [5.41, 5.74) is 2.31. The number of likely N-dealkylation sites (N-methyl/N-ethyl adjacent to an activating group) is 1. The van der Waals surface area contributed by atoms with E-state index in [2.05, 4.69) is 4.99 Å². The van der Waals surface area contributed by atoms with Gasteiger partial charge in [-0.15, -0.1) is 0 Å². The molecular formula is C26H20ClN3O6S. The van der Waals surface area contributed by atoms with E-state index in [1.807, 2.05) is 0 Å². The Bertz CT molecular complexity index is 1440. The van der Waals surface area contributed by atoms with Crippen LogP contribution in [0.5, 0.6) is 5.75 Å². The maximum atomic E-state index is 12.8. The summed E-state index contributed by atoms with van der Waals surface area (Å²) in [7, 11) is 2.95. The maximum absolute atomic E-state index is 12.8. The number of benzene rings is 3. The largest absolute Gasteiger partial charge is 0.487 e. The maximum Gasteiger partial charge on any atom is 0.337 e. The fourth-order valence-corrected chi connectivity index (χ4v) is 4.58. The minimum atomic E-state index is -0.463. The van der Waals surface area contributed by atoms with Crippen molar-refractivity contribution in [3.63, 3.8) is 0 Å². The molecule has 1 amide bonds. The van der Waals surface area contributed by atoms with Gasteiger partial charge < -0.3 is 9.47 Å². The van der Waals surface area contributed by atoms with Gasteiger partial charge >= 0.3 is 5.97 Å². The lowest BCUT2D eigenvalue weighted by Gasteiger charge is -2.09. The first-order valence-electron chi connectivity index (χ1n) is 10.9. The lowest BCUT2D eigenvalue weighted by Crippen LogP contribution is -2.23. The monoisotopic (exact) mass is 537 g/mol. The molecule has 37 heavy (non-hydrogen) atoms. The summed E-state index contributed by atoms with van der Waals surface area (Å²) in [5, 5.41) is 11.8. The number of thioether (sulfide) groups is 1. The molecular weight excluding hydrogens is 518 g/mol. The second-order valence-electron chi connectivity index (χ2n) is 7.81. The van der Waals surface area contributed by atoms with Crippen LogP contribution in [-0.2, 0) is 16.1 Å². The van der Waals surface area contributed by atoms with Crippen molar-refractivity contribution in [2.45, 2.75) is 6.61 Å². The van der Waals surface area contributed by atoms with Crippen molar-refractivity contribution in [1.29, 1.82) is 0 Å². The quantitative estimate of drug-likeness (QED) is 0.161. The number of hydrogen-bond donors (Lipinski definition) is 0. The van der Waals surface area contributed by atoms with Crippen LogP contribution < -0.4 is 4.74 Å². The highest BCUT2D eigenvalue weighted by molar-refractivity contribution is 8.18. The second-order valence-corrected chi connectivity index (χ2v) is 9.23. The fourth-order valence-electron chi connectivity index (χ4n) is 3.35. The third kappa shape index (κ3) is 6.16. The van der Waals surface area contributed by atoms with Gasteiger partial charge in [0.1, 0.15) is 12.4 Å². The molecule has 0 atom stereocenters. The first-order chi connectivity index (χ1) is 17.7. The number of methoxy groups -OCH3 is 1. The molecule has 11 heteroatoms. The number of ether oxygens (including phenoxy) is 2. The van der Waals surface area contributed by atoms with Crippen molar-refractivity contribution in [2.24, 2.45) is 4.99 Å². The van der Waals surface area contributed by atoms with Gasteiger partial charge in [-0.2, -0.15) is 0 Å². The number of nitro groups is 1. The van der Waals surface area contributed by atoms with Crippen LogP contribution in [0.3, 0.4) is 0 Å². The van der Waals surface area contributed by atoms with E-state index < -0.39 is 10.9 Å². The Morgan fingerprint density at radius 3 is 2.59 bits per heavy atom.